The predicted molar refractivity (Wildman–Crippen MR) is 46.1 cm³/mol. The maximum absolute atomic E-state index is 10.1. The first-order chi connectivity index (χ1) is 5.89. The van der Waals surface area contributed by atoms with Crippen molar-refractivity contribution in [3.63, 3.8) is 0 Å². The highest BCUT2D eigenvalue weighted by Crippen LogP contribution is 1.87. The van der Waals surface area contributed by atoms with E-state index in [2.05, 4.69) is 10.3 Å². The van der Waals surface area contributed by atoms with Gasteiger partial charge in [0.25, 0.3) is 0 Å². The van der Waals surface area contributed by atoms with E-state index in [1.165, 1.54) is 0 Å². The molecule has 0 fully saturated rings. The minimum Gasteiger partial charge on any atom is -0.333 e. The Morgan fingerprint density at radius 2 is 2.00 bits per heavy atom. The Bertz CT molecular complexity index is 220. The molecule has 62 valence electrons. The van der Waals surface area contributed by atoms with E-state index < -0.39 is 0 Å². The van der Waals surface area contributed by atoms with Crippen LogP contribution in [0, 0.1) is 0 Å². The van der Waals surface area contributed by atoms with Crippen molar-refractivity contribution in [2.45, 2.75) is 6.42 Å². The van der Waals surface area contributed by atoms with Gasteiger partial charge in [-0.25, -0.2) is 0 Å². The fourth-order valence-electron chi connectivity index (χ4n) is 0.689. The molecule has 1 aromatic rings. The first-order valence-corrected chi connectivity index (χ1v) is 3.69. The van der Waals surface area contributed by atoms with Gasteiger partial charge in [0.15, 0.2) is 0 Å². The Morgan fingerprint density at radius 3 is 2.17 bits per heavy atom. The number of pyridine rings is 1. The summed E-state index contributed by atoms with van der Waals surface area (Å²) in [5.74, 6) is 0.0926. The zero-order chi connectivity index (χ0) is 8.65. The summed E-state index contributed by atoms with van der Waals surface area (Å²) in [5.41, 5.74) is 0. The van der Waals surface area contributed by atoms with Crippen LogP contribution in [0.5, 0.6) is 0 Å². The summed E-state index contributed by atoms with van der Waals surface area (Å²) in [6.07, 6.45) is 7.50. The molecular formula is C9H10N2O. The summed E-state index contributed by atoms with van der Waals surface area (Å²) >= 11 is 0. The third-order valence-electron chi connectivity index (χ3n) is 1.23. The van der Waals surface area contributed by atoms with Crippen LogP contribution >= 0.6 is 0 Å². The average Bonchev–Trinajstić information content (AvgIpc) is 2.60. The average molecular weight is 162 g/mol. The molecule has 1 aliphatic heterocycles. The van der Waals surface area contributed by atoms with Crippen LogP contribution in [-0.4, -0.2) is 10.9 Å². The van der Waals surface area contributed by atoms with E-state index in [1.54, 1.807) is 24.7 Å². The molecule has 0 aromatic carbocycles. The van der Waals surface area contributed by atoms with Gasteiger partial charge in [0.2, 0.25) is 5.91 Å². The lowest BCUT2D eigenvalue weighted by Gasteiger charge is -1.78. The molecule has 1 aliphatic rings. The van der Waals surface area contributed by atoms with E-state index in [-0.39, 0.29) is 5.91 Å². The molecule has 0 spiro atoms. The number of aromatic nitrogens is 1. The van der Waals surface area contributed by atoms with E-state index in [0.29, 0.717) is 6.42 Å². The highest BCUT2D eigenvalue weighted by atomic mass is 16.1. The number of hydrogen-bond donors (Lipinski definition) is 1. The number of carbonyl (C=O) groups is 1. The fraction of sp³-hybridized carbons (Fsp3) is 0.111. The monoisotopic (exact) mass is 162 g/mol. The first kappa shape index (κ1) is 8.46. The van der Waals surface area contributed by atoms with Crippen molar-refractivity contribution in [1.29, 1.82) is 0 Å². The van der Waals surface area contributed by atoms with Crippen molar-refractivity contribution < 1.29 is 4.79 Å². The van der Waals surface area contributed by atoms with Gasteiger partial charge in [-0.2, -0.15) is 0 Å². The second kappa shape index (κ2) is 5.07. The van der Waals surface area contributed by atoms with Crippen molar-refractivity contribution in [1.82, 2.24) is 10.3 Å². The van der Waals surface area contributed by atoms with Gasteiger partial charge < -0.3 is 5.32 Å². The van der Waals surface area contributed by atoms with E-state index >= 15 is 0 Å². The fourth-order valence-corrected chi connectivity index (χ4v) is 0.689. The molecule has 0 aliphatic carbocycles. The lowest BCUT2D eigenvalue weighted by atomic mass is 10.5. The third-order valence-corrected chi connectivity index (χ3v) is 1.23. The highest BCUT2D eigenvalue weighted by Gasteiger charge is 1.97. The summed E-state index contributed by atoms with van der Waals surface area (Å²) < 4.78 is 0. The lowest BCUT2D eigenvalue weighted by Crippen LogP contribution is -2.08. The highest BCUT2D eigenvalue weighted by molar-refractivity contribution is 5.80. The minimum atomic E-state index is 0.0926. The Kier molecular flexibility index (Phi) is 3.57. The number of nitrogens with one attached hydrogen (secondary N) is 1. The summed E-state index contributed by atoms with van der Waals surface area (Å²) in [7, 11) is 0. The number of amides is 1. The SMILES string of the molecule is O=C1CC=CN1.c1ccncc1. The summed E-state index contributed by atoms with van der Waals surface area (Å²) in [5, 5.41) is 2.50. The standard InChI is InChI=1S/C5H5N.C4H5NO/c1-2-4-6-5-3-1;6-4-2-1-3-5-4/h1-5H;1,3H,2H2,(H,5,6). The normalized spacial score (nSPS) is 13.2. The maximum atomic E-state index is 10.1. The lowest BCUT2D eigenvalue weighted by molar-refractivity contribution is -0.118. The van der Waals surface area contributed by atoms with Gasteiger partial charge in [0.05, 0.1) is 0 Å². The Balaban J connectivity index is 0.000000120. The molecule has 0 radical (unpaired) electrons. The molecule has 1 N–H and O–H groups in total. The molecule has 0 bridgehead atoms. The van der Waals surface area contributed by atoms with Crippen molar-refractivity contribution in [2.75, 3.05) is 0 Å². The molecule has 1 amide bonds. The summed E-state index contributed by atoms with van der Waals surface area (Å²) in [6.45, 7) is 0. The molecule has 3 nitrogen and oxygen atoms in total. The zero-order valence-corrected chi connectivity index (χ0v) is 6.60. The van der Waals surface area contributed by atoms with Gasteiger partial charge in [0, 0.05) is 25.0 Å². The number of nitrogens with zero attached hydrogens (tertiary/aromatic N) is 1. The van der Waals surface area contributed by atoms with Gasteiger partial charge in [-0.05, 0) is 12.1 Å². The Hall–Kier alpha value is -1.64. The quantitative estimate of drug-likeness (QED) is 0.620. The third kappa shape index (κ3) is 3.51. The molecule has 0 saturated carbocycles. The van der Waals surface area contributed by atoms with Crippen LogP contribution in [0.15, 0.2) is 42.9 Å². The van der Waals surface area contributed by atoms with Gasteiger partial charge >= 0.3 is 0 Å². The molecular weight excluding hydrogens is 152 g/mol. The Labute approximate surface area is 71.1 Å². The molecule has 0 atom stereocenters. The van der Waals surface area contributed by atoms with Crippen LogP contribution in [-0.2, 0) is 4.79 Å². The molecule has 1 aromatic heterocycles. The largest absolute Gasteiger partial charge is 0.333 e. The van der Waals surface area contributed by atoms with Gasteiger partial charge in [-0.3, -0.25) is 9.78 Å². The number of carbonyl (C=O) groups excluding carboxylic acids is 1. The minimum absolute atomic E-state index is 0.0926. The second-order valence-corrected chi connectivity index (χ2v) is 2.20. The maximum Gasteiger partial charge on any atom is 0.227 e. The zero-order valence-electron chi connectivity index (χ0n) is 6.60. The molecule has 3 heteroatoms. The molecule has 0 saturated heterocycles. The number of rotatable bonds is 0. The van der Waals surface area contributed by atoms with Crippen molar-refractivity contribution in [3.8, 4) is 0 Å². The van der Waals surface area contributed by atoms with Gasteiger partial charge in [-0.15, -0.1) is 0 Å². The smallest absolute Gasteiger partial charge is 0.227 e. The van der Waals surface area contributed by atoms with Crippen LogP contribution in [0.1, 0.15) is 6.42 Å². The number of hydrogen-bond acceptors (Lipinski definition) is 2. The molecule has 12 heavy (non-hydrogen) atoms. The Morgan fingerprint density at radius 1 is 1.25 bits per heavy atom. The van der Waals surface area contributed by atoms with Crippen molar-refractivity contribution >= 4 is 5.91 Å². The molecule has 2 heterocycles. The summed E-state index contributed by atoms with van der Waals surface area (Å²) in [4.78, 5) is 13.9. The van der Waals surface area contributed by atoms with E-state index in [4.69, 9.17) is 0 Å². The van der Waals surface area contributed by atoms with Crippen molar-refractivity contribution in [3.05, 3.63) is 42.9 Å². The van der Waals surface area contributed by atoms with Crippen LogP contribution < -0.4 is 5.32 Å². The van der Waals surface area contributed by atoms with Crippen LogP contribution in [0.4, 0.5) is 0 Å². The van der Waals surface area contributed by atoms with Gasteiger partial charge in [-0.1, -0.05) is 12.1 Å². The van der Waals surface area contributed by atoms with Crippen LogP contribution in [0.2, 0.25) is 0 Å². The van der Waals surface area contributed by atoms with Gasteiger partial charge in [0.1, 0.15) is 0 Å². The topological polar surface area (TPSA) is 42.0 Å². The van der Waals surface area contributed by atoms with E-state index in [9.17, 15) is 4.79 Å². The van der Waals surface area contributed by atoms with Crippen LogP contribution in [0.3, 0.4) is 0 Å². The second-order valence-electron chi connectivity index (χ2n) is 2.20. The van der Waals surface area contributed by atoms with E-state index in [0.717, 1.165) is 0 Å². The molecule has 0 unspecified atom stereocenters. The van der Waals surface area contributed by atoms with E-state index in [1.807, 2.05) is 18.2 Å². The van der Waals surface area contributed by atoms with Crippen LogP contribution in [0.25, 0.3) is 0 Å². The summed E-state index contributed by atoms with van der Waals surface area (Å²) in [6, 6.07) is 5.72. The first-order valence-electron chi connectivity index (χ1n) is 3.69. The predicted octanol–water partition coefficient (Wildman–Crippen LogP) is 1.10. The molecule has 2 rings (SSSR count). The van der Waals surface area contributed by atoms with Crippen molar-refractivity contribution in [2.24, 2.45) is 0 Å².